The molecule has 0 saturated heterocycles. The van der Waals surface area contributed by atoms with Crippen LogP contribution in [0.2, 0.25) is 0 Å². The SMILES string of the molecule is CC(=O)NC(C)C(=O)CSC(C)=O. The maximum Gasteiger partial charge on any atom is 0.217 e. The third kappa shape index (κ3) is 6.33. The molecule has 1 amide bonds. The van der Waals surface area contributed by atoms with Gasteiger partial charge in [-0.3, -0.25) is 14.4 Å². The largest absolute Gasteiger partial charge is 0.347 e. The first kappa shape index (κ1) is 12.2. The third-order valence-corrected chi connectivity index (χ3v) is 2.16. The van der Waals surface area contributed by atoms with Gasteiger partial charge >= 0.3 is 0 Å². The summed E-state index contributed by atoms with van der Waals surface area (Å²) in [5.74, 6) is -0.263. The minimum Gasteiger partial charge on any atom is -0.347 e. The van der Waals surface area contributed by atoms with E-state index in [2.05, 4.69) is 5.32 Å². The van der Waals surface area contributed by atoms with Gasteiger partial charge in [-0.1, -0.05) is 11.8 Å². The maximum atomic E-state index is 11.2. The maximum absolute atomic E-state index is 11.2. The lowest BCUT2D eigenvalue weighted by atomic mass is 10.2. The van der Waals surface area contributed by atoms with Crippen molar-refractivity contribution in [2.45, 2.75) is 26.8 Å². The number of carbonyl (C=O) groups is 3. The minimum atomic E-state index is -0.510. The fourth-order valence-corrected chi connectivity index (χ4v) is 1.28. The summed E-state index contributed by atoms with van der Waals surface area (Å²) in [4.78, 5) is 32.3. The molecule has 0 aliphatic heterocycles. The van der Waals surface area contributed by atoms with Crippen molar-refractivity contribution in [3.8, 4) is 0 Å². The summed E-state index contributed by atoms with van der Waals surface area (Å²) in [5.41, 5.74) is 0. The monoisotopic (exact) mass is 203 g/mol. The van der Waals surface area contributed by atoms with Gasteiger partial charge in [0.25, 0.3) is 0 Å². The molecule has 1 atom stereocenters. The highest BCUT2D eigenvalue weighted by Gasteiger charge is 2.13. The van der Waals surface area contributed by atoms with Gasteiger partial charge < -0.3 is 5.32 Å². The number of thioether (sulfide) groups is 1. The first-order valence-electron chi connectivity index (χ1n) is 3.86. The Morgan fingerprint density at radius 2 is 1.85 bits per heavy atom. The van der Waals surface area contributed by atoms with Crippen LogP contribution in [0.4, 0.5) is 0 Å². The predicted molar refractivity (Wildman–Crippen MR) is 51.4 cm³/mol. The zero-order chi connectivity index (χ0) is 10.4. The molecule has 0 radical (unpaired) electrons. The minimum absolute atomic E-state index is 0.0941. The highest BCUT2D eigenvalue weighted by atomic mass is 32.2. The molecule has 0 aliphatic carbocycles. The Bertz CT molecular complexity index is 227. The molecular formula is C8H13NO3S. The van der Waals surface area contributed by atoms with Crippen LogP contribution in [0.5, 0.6) is 0 Å². The van der Waals surface area contributed by atoms with Gasteiger partial charge in [0.15, 0.2) is 10.9 Å². The van der Waals surface area contributed by atoms with E-state index < -0.39 is 6.04 Å². The highest BCUT2D eigenvalue weighted by Crippen LogP contribution is 2.02. The van der Waals surface area contributed by atoms with Gasteiger partial charge in [0.1, 0.15) is 0 Å². The standard InChI is InChI=1S/C8H13NO3S/c1-5(9-6(2)10)8(12)4-13-7(3)11/h5H,4H2,1-3H3,(H,9,10). The molecule has 0 aromatic rings. The Morgan fingerprint density at radius 1 is 1.31 bits per heavy atom. The van der Waals surface area contributed by atoms with Gasteiger partial charge in [-0.25, -0.2) is 0 Å². The Balaban J connectivity index is 3.82. The summed E-state index contributed by atoms with van der Waals surface area (Å²) < 4.78 is 0. The Morgan fingerprint density at radius 3 is 2.23 bits per heavy atom. The second-order valence-electron chi connectivity index (χ2n) is 2.67. The average molecular weight is 203 g/mol. The molecule has 0 rings (SSSR count). The summed E-state index contributed by atoms with van der Waals surface area (Å²) in [6.45, 7) is 4.35. The van der Waals surface area contributed by atoms with Crippen molar-refractivity contribution in [2.75, 3.05) is 5.75 Å². The summed E-state index contributed by atoms with van der Waals surface area (Å²) in [6.07, 6.45) is 0. The van der Waals surface area contributed by atoms with E-state index in [0.717, 1.165) is 11.8 Å². The molecule has 0 spiro atoms. The van der Waals surface area contributed by atoms with Crippen molar-refractivity contribution in [2.24, 2.45) is 0 Å². The van der Waals surface area contributed by atoms with Gasteiger partial charge in [-0.05, 0) is 6.92 Å². The van der Waals surface area contributed by atoms with Crippen molar-refractivity contribution in [1.82, 2.24) is 5.32 Å². The van der Waals surface area contributed by atoms with E-state index in [0.29, 0.717) is 0 Å². The van der Waals surface area contributed by atoms with Crippen LogP contribution in [0.1, 0.15) is 20.8 Å². The van der Waals surface area contributed by atoms with Crippen LogP contribution in [0.25, 0.3) is 0 Å². The smallest absolute Gasteiger partial charge is 0.217 e. The molecular weight excluding hydrogens is 190 g/mol. The molecule has 0 saturated carbocycles. The number of hydrogen-bond acceptors (Lipinski definition) is 4. The number of nitrogens with one attached hydrogen (secondary N) is 1. The van der Waals surface area contributed by atoms with Gasteiger partial charge in [-0.15, -0.1) is 0 Å². The lowest BCUT2D eigenvalue weighted by Crippen LogP contribution is -2.38. The molecule has 4 nitrogen and oxygen atoms in total. The van der Waals surface area contributed by atoms with Crippen LogP contribution in [0.3, 0.4) is 0 Å². The predicted octanol–water partition coefficient (Wildman–Crippen LogP) is 0.360. The second kappa shape index (κ2) is 5.75. The molecule has 0 aromatic heterocycles. The molecule has 0 heterocycles. The van der Waals surface area contributed by atoms with Crippen LogP contribution < -0.4 is 5.32 Å². The summed E-state index contributed by atoms with van der Waals surface area (Å²) >= 11 is 0.955. The van der Waals surface area contributed by atoms with Crippen LogP contribution in [-0.2, 0) is 14.4 Å². The average Bonchev–Trinajstić information content (AvgIpc) is 1.98. The first-order valence-corrected chi connectivity index (χ1v) is 4.85. The number of amides is 1. The van der Waals surface area contributed by atoms with Crippen LogP contribution >= 0.6 is 11.8 Å². The number of ketones is 1. The highest BCUT2D eigenvalue weighted by molar-refractivity contribution is 8.14. The molecule has 0 aliphatic rings. The second-order valence-corrected chi connectivity index (χ2v) is 3.82. The number of hydrogen-bond donors (Lipinski definition) is 1. The Kier molecular flexibility index (Phi) is 5.37. The molecule has 1 unspecified atom stereocenters. The zero-order valence-electron chi connectivity index (χ0n) is 7.92. The summed E-state index contributed by atoms with van der Waals surface area (Å²) in [6, 6.07) is -0.510. The molecule has 74 valence electrons. The van der Waals surface area contributed by atoms with Crippen molar-refractivity contribution in [3.63, 3.8) is 0 Å². The zero-order valence-corrected chi connectivity index (χ0v) is 8.73. The van der Waals surface area contributed by atoms with E-state index in [-0.39, 0.29) is 22.6 Å². The number of rotatable bonds is 4. The van der Waals surface area contributed by atoms with Crippen molar-refractivity contribution >= 4 is 28.6 Å². The molecule has 0 bridgehead atoms. The van der Waals surface area contributed by atoms with E-state index in [9.17, 15) is 14.4 Å². The number of Topliss-reactive ketones (excluding diaryl/α,β-unsaturated/α-hetero) is 1. The Labute approximate surface area is 81.5 Å². The number of carbonyl (C=O) groups excluding carboxylic acids is 3. The van der Waals surface area contributed by atoms with Crippen LogP contribution in [0, 0.1) is 0 Å². The van der Waals surface area contributed by atoms with Crippen molar-refractivity contribution in [1.29, 1.82) is 0 Å². The summed E-state index contributed by atoms with van der Waals surface area (Å²) in [7, 11) is 0. The van der Waals surface area contributed by atoms with Crippen LogP contribution in [0.15, 0.2) is 0 Å². The fraction of sp³-hybridized carbons (Fsp3) is 0.625. The summed E-state index contributed by atoms with van der Waals surface area (Å²) in [5, 5.41) is 2.36. The fourth-order valence-electron chi connectivity index (χ4n) is 0.683. The van der Waals surface area contributed by atoms with Gasteiger partial charge in [0.2, 0.25) is 5.91 Å². The lowest BCUT2D eigenvalue weighted by molar-refractivity contribution is -0.125. The van der Waals surface area contributed by atoms with Gasteiger partial charge in [0.05, 0.1) is 11.8 Å². The van der Waals surface area contributed by atoms with E-state index in [1.165, 1.54) is 13.8 Å². The molecule has 13 heavy (non-hydrogen) atoms. The molecule has 1 N–H and O–H groups in total. The van der Waals surface area contributed by atoms with E-state index in [1.54, 1.807) is 6.92 Å². The van der Waals surface area contributed by atoms with E-state index in [1.807, 2.05) is 0 Å². The molecule has 5 heteroatoms. The first-order chi connectivity index (χ1) is 5.93. The van der Waals surface area contributed by atoms with Crippen molar-refractivity contribution < 1.29 is 14.4 Å². The molecule has 0 fully saturated rings. The van der Waals surface area contributed by atoms with Crippen molar-refractivity contribution in [3.05, 3.63) is 0 Å². The van der Waals surface area contributed by atoms with Gasteiger partial charge in [0, 0.05) is 13.8 Å². The topological polar surface area (TPSA) is 63.2 Å². The van der Waals surface area contributed by atoms with Crippen LogP contribution in [-0.4, -0.2) is 28.6 Å². The van der Waals surface area contributed by atoms with Gasteiger partial charge in [-0.2, -0.15) is 0 Å². The van der Waals surface area contributed by atoms with E-state index in [4.69, 9.17) is 0 Å². The Hall–Kier alpha value is -0.840. The quantitative estimate of drug-likeness (QED) is 0.716. The normalized spacial score (nSPS) is 11.9. The lowest BCUT2D eigenvalue weighted by Gasteiger charge is -2.09. The third-order valence-electron chi connectivity index (χ3n) is 1.32. The molecule has 0 aromatic carbocycles. The van der Waals surface area contributed by atoms with E-state index >= 15 is 0 Å².